The van der Waals surface area contributed by atoms with Crippen LogP contribution in [-0.2, 0) is 11.7 Å². The number of hydrogen-bond donors (Lipinski definition) is 2. The van der Waals surface area contributed by atoms with Crippen molar-refractivity contribution in [2.75, 3.05) is 0 Å². The quantitative estimate of drug-likeness (QED) is 0.378. The summed E-state index contributed by atoms with van der Waals surface area (Å²) < 4.78 is 46.1. The van der Waals surface area contributed by atoms with Crippen molar-refractivity contribution in [1.82, 2.24) is 15.0 Å². The number of nitroso groups, excluding NO2 is 1. The molecule has 0 unspecified atom stereocenters. The monoisotopic (exact) mass is 505 g/mol. The lowest BCUT2D eigenvalue weighted by molar-refractivity contribution is -0.692. The largest absolute Gasteiger partial charge is 0.433 e. The molecule has 11 heteroatoms. The van der Waals surface area contributed by atoms with E-state index in [0.29, 0.717) is 26.8 Å². The van der Waals surface area contributed by atoms with E-state index >= 15 is 0 Å². The molecule has 2 N–H and O–H groups in total. The predicted octanol–water partition coefficient (Wildman–Crippen LogP) is 4.98. The van der Waals surface area contributed by atoms with E-state index in [-0.39, 0.29) is 17.5 Å². The number of fused-ring (bicyclic) bond motifs is 1. The van der Waals surface area contributed by atoms with Crippen LogP contribution >= 0.6 is 11.6 Å². The highest BCUT2D eigenvalue weighted by Crippen LogP contribution is 2.65. The highest BCUT2D eigenvalue weighted by molar-refractivity contribution is 6.30. The minimum atomic E-state index is -4.47. The SMILES string of the molecule is O=[N+](NC12CC(n3ccc(-c4ccc(C(F)(F)F)nc4)c3)(C1)C2)[C@H]1C[C@@H](O)c2cc(Cl)ccc2O1. The van der Waals surface area contributed by atoms with Crippen LogP contribution in [0, 0.1) is 4.91 Å². The summed E-state index contributed by atoms with van der Waals surface area (Å²) in [5.74, 6) is 0.437. The fourth-order valence-corrected chi connectivity index (χ4v) is 5.75. The molecule has 7 nitrogen and oxygen atoms in total. The third kappa shape index (κ3) is 3.66. The van der Waals surface area contributed by atoms with Gasteiger partial charge in [-0.3, -0.25) is 4.98 Å². The van der Waals surface area contributed by atoms with E-state index in [1.54, 1.807) is 18.2 Å². The lowest BCUT2D eigenvalue weighted by Crippen LogP contribution is -2.79. The first kappa shape index (κ1) is 22.4. The van der Waals surface area contributed by atoms with Crippen molar-refractivity contribution in [2.45, 2.75) is 55.3 Å². The van der Waals surface area contributed by atoms with E-state index < -0.39 is 24.2 Å². The molecule has 7 rings (SSSR count). The average Bonchev–Trinajstić information content (AvgIpc) is 3.25. The van der Waals surface area contributed by atoms with Gasteiger partial charge in [0.15, 0.2) is 4.87 Å². The molecular weight excluding hydrogens is 485 g/mol. The van der Waals surface area contributed by atoms with Crippen molar-refractivity contribution < 1.29 is 27.9 Å². The summed E-state index contributed by atoms with van der Waals surface area (Å²) in [6.07, 6.45) is 1.19. The summed E-state index contributed by atoms with van der Waals surface area (Å²) in [7, 11) is 0. The molecule has 1 aliphatic heterocycles. The first-order valence-electron chi connectivity index (χ1n) is 11.2. The molecule has 35 heavy (non-hydrogen) atoms. The van der Waals surface area contributed by atoms with Crippen LogP contribution < -0.4 is 10.2 Å². The Morgan fingerprint density at radius 2 is 1.94 bits per heavy atom. The molecule has 0 spiro atoms. The number of rotatable bonds is 5. The number of aliphatic hydroxyl groups excluding tert-OH is 1. The van der Waals surface area contributed by atoms with Gasteiger partial charge < -0.3 is 14.4 Å². The van der Waals surface area contributed by atoms with Crippen LogP contribution in [0.15, 0.2) is 55.0 Å². The molecule has 3 fully saturated rings. The number of hydrogen-bond acceptors (Lipinski definition) is 4. The molecule has 4 aliphatic rings. The van der Waals surface area contributed by atoms with E-state index in [0.717, 1.165) is 30.9 Å². The van der Waals surface area contributed by atoms with Gasteiger partial charge in [0.2, 0.25) is 0 Å². The number of pyridine rings is 1. The molecular formula is C24H21ClF3N4O3+. The molecule has 0 amide bonds. The van der Waals surface area contributed by atoms with Gasteiger partial charge in [-0.1, -0.05) is 17.7 Å². The Balaban J connectivity index is 1.09. The van der Waals surface area contributed by atoms with Gasteiger partial charge in [0.25, 0.3) is 0 Å². The van der Waals surface area contributed by atoms with Crippen LogP contribution in [0.4, 0.5) is 13.2 Å². The van der Waals surface area contributed by atoms with Crippen molar-refractivity contribution in [3.8, 4) is 16.9 Å². The summed E-state index contributed by atoms with van der Waals surface area (Å²) in [6.45, 7) is 0. The molecule has 2 atom stereocenters. The Morgan fingerprint density at radius 3 is 2.63 bits per heavy atom. The number of hydrazine groups is 1. The van der Waals surface area contributed by atoms with Gasteiger partial charge in [-0.15, -0.1) is 5.43 Å². The van der Waals surface area contributed by atoms with Crippen LogP contribution in [-0.4, -0.2) is 31.3 Å². The number of halogens is 4. The smallest absolute Gasteiger partial charge is 0.428 e. The second-order valence-electron chi connectivity index (χ2n) is 9.72. The van der Waals surface area contributed by atoms with Crippen LogP contribution in [0.1, 0.15) is 43.0 Å². The second-order valence-corrected chi connectivity index (χ2v) is 10.2. The summed E-state index contributed by atoms with van der Waals surface area (Å²) in [5.41, 5.74) is 3.61. The van der Waals surface area contributed by atoms with Crippen molar-refractivity contribution in [2.24, 2.45) is 0 Å². The molecule has 3 heterocycles. The Hall–Kier alpha value is -3.11. The number of benzene rings is 1. The van der Waals surface area contributed by atoms with Crippen LogP contribution in [0.3, 0.4) is 0 Å². The summed E-state index contributed by atoms with van der Waals surface area (Å²) >= 11 is 5.98. The number of alkyl halides is 3. The number of ether oxygens (including phenoxy) is 1. The molecule has 3 aliphatic carbocycles. The highest BCUT2D eigenvalue weighted by atomic mass is 35.5. The molecule has 3 saturated carbocycles. The Kier molecular flexibility index (Phi) is 4.76. The zero-order valence-corrected chi connectivity index (χ0v) is 19.1. The zero-order valence-electron chi connectivity index (χ0n) is 18.3. The van der Waals surface area contributed by atoms with E-state index in [1.807, 2.05) is 18.5 Å². The van der Waals surface area contributed by atoms with Crippen molar-refractivity contribution in [1.29, 1.82) is 0 Å². The van der Waals surface area contributed by atoms with Crippen LogP contribution in [0.5, 0.6) is 5.75 Å². The molecule has 2 bridgehead atoms. The third-order valence-electron chi connectivity index (χ3n) is 7.26. The van der Waals surface area contributed by atoms with Crippen LogP contribution in [0.25, 0.3) is 11.1 Å². The first-order chi connectivity index (χ1) is 16.6. The summed E-state index contributed by atoms with van der Waals surface area (Å²) in [5, 5.41) is 10.9. The molecule has 2 aromatic heterocycles. The maximum atomic E-state index is 12.8. The van der Waals surface area contributed by atoms with Gasteiger partial charge in [0, 0.05) is 40.3 Å². The number of aromatic nitrogens is 2. The first-order valence-corrected chi connectivity index (χ1v) is 11.5. The molecule has 0 saturated heterocycles. The van der Waals surface area contributed by atoms with Gasteiger partial charge in [-0.25, -0.2) is 0 Å². The topological polar surface area (TPSA) is 79.4 Å². The van der Waals surface area contributed by atoms with Crippen molar-refractivity contribution in [3.63, 3.8) is 0 Å². The van der Waals surface area contributed by atoms with Crippen LogP contribution in [0.2, 0.25) is 5.02 Å². The summed E-state index contributed by atoms with van der Waals surface area (Å²) in [4.78, 5) is 17.1. The minimum absolute atomic E-state index is 0.118. The number of aliphatic hydroxyl groups is 1. The molecule has 1 aromatic carbocycles. The van der Waals surface area contributed by atoms with E-state index in [4.69, 9.17) is 16.3 Å². The Labute approximate surface area is 203 Å². The normalized spacial score (nSPS) is 28.8. The molecule has 182 valence electrons. The third-order valence-corrected chi connectivity index (χ3v) is 7.49. The fourth-order valence-electron chi connectivity index (χ4n) is 5.57. The zero-order chi connectivity index (χ0) is 24.6. The number of nitrogens with zero attached hydrogens (tertiary/aromatic N) is 3. The molecule has 0 radical (unpaired) electrons. The minimum Gasteiger partial charge on any atom is -0.428 e. The number of nitrogens with one attached hydrogen (secondary N) is 1. The van der Waals surface area contributed by atoms with E-state index in [2.05, 4.69) is 15.0 Å². The standard InChI is InChI=1S/C24H21ClF3N4O3/c25-16-2-3-19-17(7-16)18(33)8-21(35-19)32(34)30-22-11-23(12-22,13-22)31-6-5-15(10-31)14-1-4-20(29-9-14)24(26,27)28/h1-7,9-10,18,21,33H,8,11-13H2,(H,30,34)/q+1/t18-,21-,22?,23?/m1/s1. The van der Waals surface area contributed by atoms with Crippen molar-refractivity contribution >= 4 is 11.6 Å². The lowest BCUT2D eigenvalue weighted by Gasteiger charge is -2.68. The van der Waals surface area contributed by atoms with E-state index in [1.165, 1.54) is 12.3 Å². The van der Waals surface area contributed by atoms with E-state index in [9.17, 15) is 23.2 Å². The maximum absolute atomic E-state index is 12.8. The predicted molar refractivity (Wildman–Crippen MR) is 119 cm³/mol. The van der Waals surface area contributed by atoms with Gasteiger partial charge in [0.1, 0.15) is 17.0 Å². The average molecular weight is 506 g/mol. The Bertz CT molecular complexity index is 1300. The fraction of sp³-hybridized carbons (Fsp3) is 0.375. The van der Waals surface area contributed by atoms with Gasteiger partial charge in [-0.05, 0) is 49.6 Å². The molecule has 3 aromatic rings. The van der Waals surface area contributed by atoms with Gasteiger partial charge in [-0.2, -0.15) is 13.2 Å². The Morgan fingerprint density at radius 1 is 1.17 bits per heavy atom. The highest BCUT2D eigenvalue weighted by Gasteiger charge is 2.72. The summed E-state index contributed by atoms with van der Waals surface area (Å²) in [6, 6.07) is 9.18. The maximum Gasteiger partial charge on any atom is 0.433 e. The lowest BCUT2D eigenvalue weighted by atomic mass is 9.44. The van der Waals surface area contributed by atoms with Gasteiger partial charge >= 0.3 is 12.4 Å². The second kappa shape index (κ2) is 7.44. The van der Waals surface area contributed by atoms with Crippen molar-refractivity contribution in [3.05, 3.63) is 76.2 Å². The van der Waals surface area contributed by atoms with Gasteiger partial charge in [0.05, 0.1) is 23.0 Å².